The first-order valence-corrected chi connectivity index (χ1v) is 11.8. The topological polar surface area (TPSA) is 89.7 Å². The van der Waals surface area contributed by atoms with E-state index >= 15 is 0 Å². The molecule has 9 heteroatoms. The minimum Gasteiger partial charge on any atom is -0.506 e. The zero-order chi connectivity index (χ0) is 26.0. The van der Waals surface area contributed by atoms with Gasteiger partial charge in [0.15, 0.2) is 16.7 Å². The second-order valence-electron chi connectivity index (χ2n) is 8.91. The van der Waals surface area contributed by atoms with Gasteiger partial charge in [-0.05, 0) is 81.9 Å². The normalized spacial score (nSPS) is 14.8. The minimum atomic E-state index is -0.928. The molecule has 1 N–H and O–H groups in total. The van der Waals surface area contributed by atoms with Crippen LogP contribution in [0.25, 0.3) is 11.3 Å². The maximum absolute atomic E-state index is 14.6. The number of pyridine rings is 1. The Morgan fingerprint density at radius 3 is 2.67 bits per heavy atom. The van der Waals surface area contributed by atoms with Crippen molar-refractivity contribution < 1.29 is 19.0 Å². The third-order valence-corrected chi connectivity index (χ3v) is 6.67. The fourth-order valence-corrected chi connectivity index (χ4v) is 4.66. The fourth-order valence-electron chi connectivity index (χ4n) is 4.16. The highest BCUT2D eigenvalue weighted by Crippen LogP contribution is 2.37. The van der Waals surface area contributed by atoms with Crippen LogP contribution in [0.2, 0.25) is 0 Å². The van der Waals surface area contributed by atoms with Crippen LogP contribution in [0.3, 0.4) is 0 Å². The Hall–Kier alpha value is -4.03. The molecule has 7 nitrogen and oxygen atoms in total. The molecule has 4 rings (SSSR count). The van der Waals surface area contributed by atoms with Crippen LogP contribution in [-0.4, -0.2) is 44.7 Å². The van der Waals surface area contributed by atoms with Crippen molar-refractivity contribution in [1.82, 2.24) is 9.88 Å². The molecule has 1 fully saturated rings. The van der Waals surface area contributed by atoms with E-state index in [9.17, 15) is 14.3 Å². The van der Waals surface area contributed by atoms with Gasteiger partial charge < -0.3 is 14.7 Å². The maximum Gasteiger partial charge on any atom is 0.258 e. The summed E-state index contributed by atoms with van der Waals surface area (Å²) in [7, 11) is 0. The minimum absolute atomic E-state index is 0.127. The summed E-state index contributed by atoms with van der Waals surface area (Å²) in [4.78, 5) is 20.7. The van der Waals surface area contributed by atoms with E-state index in [0.717, 1.165) is 0 Å². The van der Waals surface area contributed by atoms with Gasteiger partial charge in [-0.1, -0.05) is 6.07 Å². The highest BCUT2D eigenvalue weighted by Gasteiger charge is 2.49. The van der Waals surface area contributed by atoms with Crippen molar-refractivity contribution in [3.63, 3.8) is 0 Å². The molecular weight excluding hydrogens is 479 g/mol. The van der Waals surface area contributed by atoms with Gasteiger partial charge in [-0.3, -0.25) is 14.7 Å². The number of nitrogens with zero attached hydrogens (tertiary/aromatic N) is 4. The van der Waals surface area contributed by atoms with Gasteiger partial charge in [-0.15, -0.1) is 0 Å². The van der Waals surface area contributed by atoms with Crippen molar-refractivity contribution in [2.24, 2.45) is 0 Å². The van der Waals surface area contributed by atoms with Crippen LogP contribution in [-0.2, 0) is 4.79 Å². The molecule has 1 saturated heterocycles. The number of halogens is 1. The molecule has 0 bridgehead atoms. The van der Waals surface area contributed by atoms with Gasteiger partial charge in [-0.25, -0.2) is 4.39 Å². The van der Waals surface area contributed by atoms with E-state index in [0.29, 0.717) is 40.6 Å². The predicted octanol–water partition coefficient (Wildman–Crippen LogP) is 4.95. The standard InChI is InChI=1S/C27H25FN4O3S/c1-17-22(10-8-19(16-29)24(17)33)32-25(34)27(2,3)31(26(32)36)13-6-14-35-23-11-9-18(15-20(23)28)21-7-4-5-12-30-21/h4-5,7-12,15,33H,6,13-14H2,1-3H3. The van der Waals surface area contributed by atoms with Gasteiger partial charge >= 0.3 is 0 Å². The Kier molecular flexibility index (Phi) is 6.91. The summed E-state index contributed by atoms with van der Waals surface area (Å²) in [6, 6.07) is 15.2. The largest absolute Gasteiger partial charge is 0.506 e. The number of ether oxygens (including phenoxy) is 1. The van der Waals surface area contributed by atoms with Crippen molar-refractivity contribution in [3.8, 4) is 28.8 Å². The first-order valence-electron chi connectivity index (χ1n) is 11.4. The number of nitriles is 1. The van der Waals surface area contributed by atoms with E-state index in [4.69, 9.17) is 22.2 Å². The van der Waals surface area contributed by atoms with Gasteiger partial charge in [-0.2, -0.15) is 5.26 Å². The number of phenolic OH excluding ortho intramolecular Hbond substituents is 1. The Morgan fingerprint density at radius 1 is 1.22 bits per heavy atom. The third-order valence-electron chi connectivity index (χ3n) is 6.26. The average Bonchev–Trinajstić information content (AvgIpc) is 3.03. The number of rotatable bonds is 7. The zero-order valence-corrected chi connectivity index (χ0v) is 21.0. The quantitative estimate of drug-likeness (QED) is 0.360. The van der Waals surface area contributed by atoms with Crippen LogP contribution in [0.1, 0.15) is 31.4 Å². The van der Waals surface area contributed by atoms with E-state index in [1.54, 1.807) is 62.2 Å². The molecule has 0 unspecified atom stereocenters. The number of amides is 1. The summed E-state index contributed by atoms with van der Waals surface area (Å²) >= 11 is 5.64. The molecule has 0 atom stereocenters. The van der Waals surface area contributed by atoms with Crippen molar-refractivity contribution in [1.29, 1.82) is 5.26 Å². The SMILES string of the molecule is Cc1c(N2C(=O)C(C)(C)N(CCCOc3ccc(-c4ccccn4)cc3F)C2=S)ccc(C#N)c1O. The molecule has 184 valence electrons. The van der Waals surface area contributed by atoms with E-state index in [1.807, 2.05) is 12.1 Å². The fraction of sp³-hybridized carbons (Fsp3) is 0.259. The van der Waals surface area contributed by atoms with Crippen molar-refractivity contribution in [3.05, 3.63) is 71.7 Å². The van der Waals surface area contributed by atoms with Crippen LogP contribution in [0, 0.1) is 24.1 Å². The molecule has 1 aliphatic heterocycles. The number of carbonyl (C=O) groups is 1. The van der Waals surface area contributed by atoms with E-state index in [1.165, 1.54) is 17.0 Å². The molecule has 2 aromatic carbocycles. The molecule has 0 saturated carbocycles. The molecule has 1 amide bonds. The number of aromatic nitrogens is 1. The summed E-state index contributed by atoms with van der Waals surface area (Å²) in [5.74, 6) is -0.755. The van der Waals surface area contributed by atoms with Gasteiger partial charge in [0.2, 0.25) is 0 Å². The lowest BCUT2D eigenvalue weighted by molar-refractivity contribution is -0.123. The van der Waals surface area contributed by atoms with E-state index in [-0.39, 0.29) is 29.6 Å². The number of anilines is 1. The van der Waals surface area contributed by atoms with E-state index in [2.05, 4.69) is 4.98 Å². The molecule has 1 aliphatic rings. The number of phenols is 1. The van der Waals surface area contributed by atoms with Crippen LogP contribution in [0.5, 0.6) is 11.5 Å². The van der Waals surface area contributed by atoms with Gasteiger partial charge in [0.1, 0.15) is 17.4 Å². The first kappa shape index (κ1) is 25.1. The molecular formula is C27H25FN4O3S. The number of carbonyl (C=O) groups excluding carboxylic acids is 1. The number of hydrogen-bond donors (Lipinski definition) is 1. The van der Waals surface area contributed by atoms with Gasteiger partial charge in [0.25, 0.3) is 5.91 Å². The molecule has 0 aliphatic carbocycles. The van der Waals surface area contributed by atoms with Crippen molar-refractivity contribution in [2.75, 3.05) is 18.1 Å². The Morgan fingerprint density at radius 2 is 2.00 bits per heavy atom. The molecule has 1 aromatic heterocycles. The number of aromatic hydroxyl groups is 1. The summed E-state index contributed by atoms with van der Waals surface area (Å²) in [5.41, 5.74) is 1.36. The highest BCUT2D eigenvalue weighted by molar-refractivity contribution is 7.80. The lowest BCUT2D eigenvalue weighted by atomic mass is 10.0. The number of benzene rings is 2. The van der Waals surface area contributed by atoms with E-state index < -0.39 is 11.4 Å². The summed E-state index contributed by atoms with van der Waals surface area (Å²) in [6.45, 7) is 5.82. The average molecular weight is 505 g/mol. The molecule has 36 heavy (non-hydrogen) atoms. The highest BCUT2D eigenvalue weighted by atomic mass is 32.1. The molecule has 0 spiro atoms. The van der Waals surface area contributed by atoms with Crippen LogP contribution < -0.4 is 9.64 Å². The maximum atomic E-state index is 14.6. The molecule has 3 aromatic rings. The van der Waals surface area contributed by atoms with Crippen molar-refractivity contribution >= 4 is 28.9 Å². The second kappa shape index (κ2) is 9.91. The van der Waals surface area contributed by atoms with Gasteiger partial charge in [0.05, 0.1) is 23.6 Å². The van der Waals surface area contributed by atoms with Crippen molar-refractivity contribution in [2.45, 2.75) is 32.7 Å². The Bertz CT molecular complexity index is 1370. The van der Waals surface area contributed by atoms with Crippen LogP contribution in [0.4, 0.5) is 10.1 Å². The number of hydrogen-bond acceptors (Lipinski definition) is 6. The third kappa shape index (κ3) is 4.48. The lowest BCUT2D eigenvalue weighted by Gasteiger charge is -2.29. The Labute approximate surface area is 214 Å². The summed E-state index contributed by atoms with van der Waals surface area (Å²) in [5, 5.41) is 19.8. The zero-order valence-electron chi connectivity index (χ0n) is 20.2. The molecule has 0 radical (unpaired) electrons. The number of thiocarbonyl (C=S) groups is 1. The van der Waals surface area contributed by atoms with Crippen LogP contribution in [0.15, 0.2) is 54.7 Å². The second-order valence-corrected chi connectivity index (χ2v) is 9.28. The first-order chi connectivity index (χ1) is 17.2. The lowest BCUT2D eigenvalue weighted by Crippen LogP contribution is -2.44. The van der Waals surface area contributed by atoms with Gasteiger partial charge in [0, 0.05) is 23.9 Å². The monoisotopic (exact) mass is 504 g/mol. The predicted molar refractivity (Wildman–Crippen MR) is 138 cm³/mol. The smallest absolute Gasteiger partial charge is 0.258 e. The summed E-state index contributed by atoms with van der Waals surface area (Å²) in [6.07, 6.45) is 2.14. The Balaban J connectivity index is 1.42. The van der Waals surface area contributed by atoms with Crippen LogP contribution >= 0.6 is 12.2 Å². The summed E-state index contributed by atoms with van der Waals surface area (Å²) < 4.78 is 20.2. The molecule has 2 heterocycles.